The fourth-order valence-electron chi connectivity index (χ4n) is 2.58. The molecule has 1 aliphatic rings. The molecule has 9 nitrogen and oxygen atoms in total. The number of carbonyl (C=O) groups excluding carboxylic acids is 1. The molecule has 1 fully saturated rings. The summed E-state index contributed by atoms with van der Waals surface area (Å²) in [7, 11) is 1.63. The lowest BCUT2D eigenvalue weighted by Gasteiger charge is -2.33. The number of amides is 1. The van der Waals surface area contributed by atoms with Gasteiger partial charge in [0, 0.05) is 26.2 Å². The maximum absolute atomic E-state index is 10.8. The Morgan fingerprint density at radius 3 is 2.58 bits per heavy atom. The molecule has 1 aromatic heterocycles. The van der Waals surface area contributed by atoms with Gasteiger partial charge in [-0.15, -0.1) is 5.10 Å². The van der Waals surface area contributed by atoms with E-state index in [1.54, 1.807) is 18.2 Å². The summed E-state index contributed by atoms with van der Waals surface area (Å²) in [5.41, 5.74) is 0. The second kappa shape index (κ2) is 8.84. The van der Waals surface area contributed by atoms with Crippen LogP contribution in [0.25, 0.3) is 0 Å². The third-order valence-electron chi connectivity index (χ3n) is 4.05. The van der Waals surface area contributed by atoms with Gasteiger partial charge in [0.05, 0.1) is 19.9 Å². The zero-order valence-electron chi connectivity index (χ0n) is 14.7. The molecule has 0 atom stereocenters. The maximum atomic E-state index is 10.8. The van der Waals surface area contributed by atoms with E-state index in [0.29, 0.717) is 32.2 Å². The van der Waals surface area contributed by atoms with Gasteiger partial charge in [0.1, 0.15) is 18.1 Å². The van der Waals surface area contributed by atoms with Crippen LogP contribution in [0.3, 0.4) is 0 Å². The highest BCUT2D eigenvalue weighted by atomic mass is 16.5. The fourth-order valence-corrected chi connectivity index (χ4v) is 2.58. The third-order valence-corrected chi connectivity index (χ3v) is 4.05. The highest BCUT2D eigenvalue weighted by Crippen LogP contribution is 2.17. The normalized spacial score (nSPS) is 14.0. The average Bonchev–Trinajstić information content (AvgIpc) is 2.72. The summed E-state index contributed by atoms with van der Waals surface area (Å²) in [5.74, 6) is 2.77. The van der Waals surface area contributed by atoms with E-state index in [-0.39, 0.29) is 0 Å². The fraction of sp³-hybridized carbons (Fsp3) is 0.412. The van der Waals surface area contributed by atoms with Crippen LogP contribution in [0.4, 0.5) is 11.8 Å². The molecule has 3 rings (SSSR count). The number of ether oxygens (including phenoxy) is 2. The van der Waals surface area contributed by atoms with Crippen LogP contribution in [0.15, 0.2) is 30.5 Å². The molecule has 0 saturated carbocycles. The predicted molar refractivity (Wildman–Crippen MR) is 96.7 cm³/mol. The topological polar surface area (TPSA) is 92.7 Å². The number of methoxy groups -OCH3 is 1. The molecule has 0 unspecified atom stereocenters. The van der Waals surface area contributed by atoms with E-state index in [0.717, 1.165) is 36.8 Å². The molecule has 1 amide bonds. The monoisotopic (exact) mass is 358 g/mol. The Morgan fingerprint density at radius 1 is 1.15 bits per heavy atom. The van der Waals surface area contributed by atoms with Gasteiger partial charge in [-0.05, 0) is 24.3 Å². The van der Waals surface area contributed by atoms with Crippen molar-refractivity contribution in [2.75, 3.05) is 56.7 Å². The van der Waals surface area contributed by atoms with Crippen molar-refractivity contribution < 1.29 is 14.3 Å². The summed E-state index contributed by atoms with van der Waals surface area (Å²) >= 11 is 0. The van der Waals surface area contributed by atoms with Gasteiger partial charge in [-0.25, -0.2) is 0 Å². The highest BCUT2D eigenvalue weighted by Gasteiger charge is 2.17. The lowest BCUT2D eigenvalue weighted by Crippen LogP contribution is -2.46. The van der Waals surface area contributed by atoms with Gasteiger partial charge < -0.3 is 24.6 Å². The summed E-state index contributed by atoms with van der Waals surface area (Å²) in [6.07, 6.45) is 2.51. The van der Waals surface area contributed by atoms with Crippen molar-refractivity contribution >= 4 is 18.2 Å². The molecule has 9 heteroatoms. The number of carbonyl (C=O) groups is 1. The molecule has 1 aromatic carbocycles. The summed E-state index contributed by atoms with van der Waals surface area (Å²) in [6, 6.07) is 7.42. The van der Waals surface area contributed by atoms with Gasteiger partial charge in [0.15, 0.2) is 5.82 Å². The number of piperazine rings is 1. The Hall–Kier alpha value is -3.10. The summed E-state index contributed by atoms with van der Waals surface area (Å²) in [5, 5.41) is 11.1. The minimum atomic E-state index is 0.457. The van der Waals surface area contributed by atoms with Crippen molar-refractivity contribution in [2.45, 2.75) is 0 Å². The van der Waals surface area contributed by atoms with Gasteiger partial charge in [0.2, 0.25) is 12.4 Å². The van der Waals surface area contributed by atoms with Crippen LogP contribution in [-0.4, -0.2) is 72.9 Å². The van der Waals surface area contributed by atoms with Crippen LogP contribution < -0.4 is 19.7 Å². The van der Waals surface area contributed by atoms with Crippen LogP contribution >= 0.6 is 0 Å². The Balaban J connectivity index is 1.45. The molecular weight excluding hydrogens is 336 g/mol. The molecule has 138 valence electrons. The summed E-state index contributed by atoms with van der Waals surface area (Å²) < 4.78 is 10.8. The van der Waals surface area contributed by atoms with Gasteiger partial charge in [0.25, 0.3) is 0 Å². The van der Waals surface area contributed by atoms with Crippen molar-refractivity contribution in [3.05, 3.63) is 30.5 Å². The van der Waals surface area contributed by atoms with Gasteiger partial charge >= 0.3 is 0 Å². The zero-order chi connectivity index (χ0) is 18.2. The number of hydrogen-bond donors (Lipinski definition) is 1. The van der Waals surface area contributed by atoms with E-state index in [1.165, 1.54) is 0 Å². The molecule has 2 heterocycles. The van der Waals surface area contributed by atoms with Gasteiger partial charge in [-0.3, -0.25) is 4.79 Å². The average molecular weight is 358 g/mol. The molecule has 0 spiro atoms. The van der Waals surface area contributed by atoms with E-state index in [2.05, 4.69) is 25.4 Å². The second-order valence-corrected chi connectivity index (χ2v) is 5.72. The Kier molecular flexibility index (Phi) is 6.02. The minimum Gasteiger partial charge on any atom is -0.497 e. The highest BCUT2D eigenvalue weighted by molar-refractivity contribution is 5.49. The SMILES string of the molecule is COc1ccc(OCCNc2nncc(N3CCN(C=O)CC3)n2)cc1. The quantitative estimate of drug-likeness (QED) is 0.543. The Bertz CT molecular complexity index is 704. The number of hydrogen-bond acceptors (Lipinski definition) is 8. The van der Waals surface area contributed by atoms with E-state index in [1.807, 2.05) is 24.3 Å². The number of benzene rings is 1. The summed E-state index contributed by atoms with van der Waals surface area (Å²) in [4.78, 5) is 19.1. The van der Waals surface area contributed by atoms with Crippen molar-refractivity contribution in [3.63, 3.8) is 0 Å². The first-order chi connectivity index (χ1) is 12.8. The molecule has 1 saturated heterocycles. The molecule has 1 aliphatic heterocycles. The second-order valence-electron chi connectivity index (χ2n) is 5.72. The van der Waals surface area contributed by atoms with Crippen LogP contribution in [-0.2, 0) is 4.79 Å². The van der Waals surface area contributed by atoms with E-state index >= 15 is 0 Å². The summed E-state index contributed by atoms with van der Waals surface area (Å²) in [6.45, 7) is 3.86. The number of nitrogens with one attached hydrogen (secondary N) is 1. The van der Waals surface area contributed by atoms with Crippen LogP contribution in [0, 0.1) is 0 Å². The third kappa shape index (κ3) is 4.71. The standard InChI is InChI=1S/C17H22N6O3/c1-25-14-2-4-15(5-3-14)26-11-6-18-17-20-16(12-19-21-17)23-9-7-22(13-24)8-10-23/h2-5,12-13H,6-11H2,1H3,(H,18,20,21). The Morgan fingerprint density at radius 2 is 1.88 bits per heavy atom. The number of anilines is 2. The minimum absolute atomic E-state index is 0.457. The van der Waals surface area contributed by atoms with Crippen LogP contribution in [0.1, 0.15) is 0 Å². The number of aromatic nitrogens is 3. The van der Waals surface area contributed by atoms with Crippen molar-refractivity contribution in [1.29, 1.82) is 0 Å². The van der Waals surface area contributed by atoms with Crippen molar-refractivity contribution in [3.8, 4) is 11.5 Å². The van der Waals surface area contributed by atoms with E-state index < -0.39 is 0 Å². The molecular formula is C17H22N6O3. The van der Waals surface area contributed by atoms with Crippen molar-refractivity contribution in [1.82, 2.24) is 20.1 Å². The lowest BCUT2D eigenvalue weighted by molar-refractivity contribution is -0.118. The predicted octanol–water partition coefficient (Wildman–Crippen LogP) is 0.649. The van der Waals surface area contributed by atoms with Crippen LogP contribution in [0.5, 0.6) is 11.5 Å². The number of nitrogens with zero attached hydrogens (tertiary/aromatic N) is 5. The molecule has 0 bridgehead atoms. The largest absolute Gasteiger partial charge is 0.497 e. The maximum Gasteiger partial charge on any atom is 0.244 e. The van der Waals surface area contributed by atoms with Crippen molar-refractivity contribution in [2.24, 2.45) is 0 Å². The number of rotatable bonds is 8. The first-order valence-electron chi connectivity index (χ1n) is 8.43. The lowest BCUT2D eigenvalue weighted by atomic mass is 10.3. The van der Waals surface area contributed by atoms with E-state index in [4.69, 9.17) is 9.47 Å². The molecule has 1 N–H and O–H groups in total. The Labute approximate surface area is 151 Å². The van der Waals surface area contributed by atoms with Gasteiger partial charge in [-0.1, -0.05) is 0 Å². The molecule has 2 aromatic rings. The molecule has 0 radical (unpaired) electrons. The first kappa shape index (κ1) is 17.7. The van der Waals surface area contributed by atoms with Gasteiger partial charge in [-0.2, -0.15) is 10.1 Å². The molecule has 26 heavy (non-hydrogen) atoms. The van der Waals surface area contributed by atoms with Crippen LogP contribution in [0.2, 0.25) is 0 Å². The molecule has 0 aliphatic carbocycles. The van der Waals surface area contributed by atoms with E-state index in [9.17, 15) is 4.79 Å². The first-order valence-corrected chi connectivity index (χ1v) is 8.43. The zero-order valence-corrected chi connectivity index (χ0v) is 14.7. The smallest absolute Gasteiger partial charge is 0.244 e.